The highest BCUT2D eigenvalue weighted by molar-refractivity contribution is 5.88. The number of amides is 2. The average Bonchev–Trinajstić information content (AvgIpc) is 2.51. The predicted molar refractivity (Wildman–Crippen MR) is 106 cm³/mol. The summed E-state index contributed by atoms with van der Waals surface area (Å²) in [5, 5.41) is 2.81. The van der Waals surface area contributed by atoms with E-state index < -0.39 is 0 Å². The lowest BCUT2D eigenvalue weighted by Crippen LogP contribution is -2.52. The Morgan fingerprint density at radius 1 is 1.23 bits per heavy atom. The maximum Gasteiger partial charge on any atom is 0.223 e. The molecule has 3 N–H and O–H groups in total. The van der Waals surface area contributed by atoms with Crippen molar-refractivity contribution >= 4 is 17.5 Å². The minimum atomic E-state index is -0.0999. The van der Waals surface area contributed by atoms with Gasteiger partial charge in [-0.3, -0.25) is 9.59 Å². The number of benzene rings is 1. The number of hydrogen-bond donors (Lipinski definition) is 2. The van der Waals surface area contributed by atoms with E-state index in [1.807, 2.05) is 29.2 Å². The normalized spacial score (nSPS) is 20.5. The van der Waals surface area contributed by atoms with Crippen LogP contribution in [0.25, 0.3) is 0 Å². The highest BCUT2D eigenvalue weighted by atomic mass is 16.2. The molecule has 0 spiro atoms. The molecule has 2 atom stereocenters. The van der Waals surface area contributed by atoms with Crippen LogP contribution in [0.2, 0.25) is 0 Å². The van der Waals surface area contributed by atoms with Gasteiger partial charge in [-0.1, -0.05) is 45.7 Å². The van der Waals surface area contributed by atoms with Gasteiger partial charge < -0.3 is 16.0 Å². The Bertz CT molecular complexity index is 636. The van der Waals surface area contributed by atoms with Gasteiger partial charge in [0.2, 0.25) is 11.8 Å². The summed E-state index contributed by atoms with van der Waals surface area (Å²) in [5.74, 6) is 0.0573. The van der Waals surface area contributed by atoms with E-state index in [0.29, 0.717) is 13.0 Å². The third-order valence-electron chi connectivity index (χ3n) is 4.78. The minimum Gasteiger partial charge on any atom is -0.334 e. The summed E-state index contributed by atoms with van der Waals surface area (Å²) in [5.41, 5.74) is 8.08. The number of nitrogens with one attached hydrogen (secondary N) is 1. The van der Waals surface area contributed by atoms with Crippen molar-refractivity contribution in [3.05, 3.63) is 29.8 Å². The molecule has 2 rings (SSSR count). The summed E-state index contributed by atoms with van der Waals surface area (Å²) >= 11 is 0. The van der Waals surface area contributed by atoms with Crippen LogP contribution in [0.3, 0.4) is 0 Å². The molecule has 5 heteroatoms. The van der Waals surface area contributed by atoms with E-state index in [9.17, 15) is 9.59 Å². The molecule has 1 fully saturated rings. The second-order valence-electron chi connectivity index (χ2n) is 8.66. The number of carbonyl (C=O) groups is 2. The highest BCUT2D eigenvalue weighted by Crippen LogP contribution is 2.28. The lowest BCUT2D eigenvalue weighted by Gasteiger charge is -2.39. The van der Waals surface area contributed by atoms with E-state index >= 15 is 0 Å². The standard InChI is InChI=1S/C21H33N3O2/c1-15(25)23-17-9-7-8-16(12-17)14-24(20(26)13-21(2,3)4)19-11-6-5-10-18(19)22/h7-9,12,18-19H,5-6,10-11,13-14,22H2,1-4H3,(H,23,25). The third-order valence-corrected chi connectivity index (χ3v) is 4.78. The number of nitrogens with two attached hydrogens (primary N) is 1. The van der Waals surface area contributed by atoms with Gasteiger partial charge in [-0.05, 0) is 36.0 Å². The van der Waals surface area contributed by atoms with Crippen LogP contribution in [0.1, 0.15) is 65.4 Å². The number of hydrogen-bond acceptors (Lipinski definition) is 3. The zero-order valence-electron chi connectivity index (χ0n) is 16.5. The molecule has 1 aliphatic carbocycles. The first-order valence-corrected chi connectivity index (χ1v) is 9.57. The SMILES string of the molecule is CC(=O)Nc1cccc(CN(C(=O)CC(C)(C)C)C2CCCCC2N)c1. The molecule has 1 aromatic rings. The van der Waals surface area contributed by atoms with Gasteiger partial charge in [-0.2, -0.15) is 0 Å². The molecule has 1 saturated carbocycles. The fourth-order valence-corrected chi connectivity index (χ4v) is 3.62. The molecule has 26 heavy (non-hydrogen) atoms. The molecule has 0 aliphatic heterocycles. The van der Waals surface area contributed by atoms with Crippen molar-refractivity contribution in [2.75, 3.05) is 5.32 Å². The Balaban J connectivity index is 2.23. The monoisotopic (exact) mass is 359 g/mol. The van der Waals surface area contributed by atoms with Crippen molar-refractivity contribution in [2.24, 2.45) is 11.1 Å². The molecular weight excluding hydrogens is 326 g/mol. The third kappa shape index (κ3) is 6.13. The maximum atomic E-state index is 13.1. The van der Waals surface area contributed by atoms with Gasteiger partial charge in [0, 0.05) is 37.7 Å². The van der Waals surface area contributed by atoms with Crippen molar-refractivity contribution in [3.63, 3.8) is 0 Å². The van der Waals surface area contributed by atoms with Crippen LogP contribution in [0.4, 0.5) is 5.69 Å². The summed E-state index contributed by atoms with van der Waals surface area (Å²) in [6.07, 6.45) is 4.68. The topological polar surface area (TPSA) is 75.4 Å². The summed E-state index contributed by atoms with van der Waals surface area (Å²) in [4.78, 5) is 26.4. The van der Waals surface area contributed by atoms with E-state index in [1.165, 1.54) is 6.92 Å². The molecule has 1 aromatic carbocycles. The number of nitrogens with zero attached hydrogens (tertiary/aromatic N) is 1. The van der Waals surface area contributed by atoms with Crippen LogP contribution >= 0.6 is 0 Å². The molecule has 0 bridgehead atoms. The fraction of sp³-hybridized carbons (Fsp3) is 0.619. The lowest BCUT2D eigenvalue weighted by atomic mass is 9.87. The molecule has 144 valence electrons. The number of rotatable bonds is 5. The zero-order valence-corrected chi connectivity index (χ0v) is 16.5. The summed E-state index contributed by atoms with van der Waals surface area (Å²) in [7, 11) is 0. The first-order valence-electron chi connectivity index (χ1n) is 9.57. The molecule has 2 unspecified atom stereocenters. The second-order valence-corrected chi connectivity index (χ2v) is 8.66. The van der Waals surface area contributed by atoms with Crippen LogP contribution in [0.5, 0.6) is 0 Å². The van der Waals surface area contributed by atoms with Gasteiger partial charge in [0.15, 0.2) is 0 Å². The quantitative estimate of drug-likeness (QED) is 0.842. The molecule has 5 nitrogen and oxygen atoms in total. The molecule has 0 heterocycles. The smallest absolute Gasteiger partial charge is 0.223 e. The van der Waals surface area contributed by atoms with Crippen LogP contribution in [0.15, 0.2) is 24.3 Å². The Kier molecular flexibility index (Phi) is 6.81. The Morgan fingerprint density at radius 2 is 1.92 bits per heavy atom. The van der Waals surface area contributed by atoms with Crippen molar-refractivity contribution in [1.82, 2.24) is 4.90 Å². The summed E-state index contributed by atoms with van der Waals surface area (Å²) in [6, 6.07) is 7.82. The van der Waals surface area contributed by atoms with Gasteiger partial charge in [0.05, 0.1) is 0 Å². The highest BCUT2D eigenvalue weighted by Gasteiger charge is 2.32. The Hall–Kier alpha value is -1.88. The van der Waals surface area contributed by atoms with Gasteiger partial charge in [0.1, 0.15) is 0 Å². The van der Waals surface area contributed by atoms with Crippen molar-refractivity contribution in [2.45, 2.75) is 78.4 Å². The maximum absolute atomic E-state index is 13.1. The van der Waals surface area contributed by atoms with E-state index in [-0.39, 0.29) is 29.3 Å². The van der Waals surface area contributed by atoms with Gasteiger partial charge in [-0.15, -0.1) is 0 Å². The molecule has 2 amide bonds. The first kappa shape index (κ1) is 20.4. The molecule has 0 radical (unpaired) electrons. The van der Waals surface area contributed by atoms with E-state index in [2.05, 4.69) is 26.1 Å². The lowest BCUT2D eigenvalue weighted by molar-refractivity contribution is -0.137. The molecule has 0 aromatic heterocycles. The second kappa shape index (κ2) is 8.67. The van der Waals surface area contributed by atoms with E-state index in [0.717, 1.165) is 36.9 Å². The minimum absolute atomic E-state index is 0.0335. The average molecular weight is 360 g/mol. The van der Waals surface area contributed by atoms with Crippen molar-refractivity contribution in [3.8, 4) is 0 Å². The largest absolute Gasteiger partial charge is 0.334 e. The fourth-order valence-electron chi connectivity index (χ4n) is 3.62. The van der Waals surface area contributed by atoms with Gasteiger partial charge in [-0.25, -0.2) is 0 Å². The van der Waals surface area contributed by atoms with Crippen LogP contribution in [0, 0.1) is 5.41 Å². The number of carbonyl (C=O) groups excluding carboxylic acids is 2. The van der Waals surface area contributed by atoms with Crippen molar-refractivity contribution < 1.29 is 9.59 Å². The Morgan fingerprint density at radius 3 is 2.54 bits per heavy atom. The molecule has 0 saturated heterocycles. The number of anilines is 1. The van der Waals surface area contributed by atoms with Crippen LogP contribution < -0.4 is 11.1 Å². The first-order chi connectivity index (χ1) is 12.2. The molecular formula is C21H33N3O2. The van der Waals surface area contributed by atoms with Gasteiger partial charge in [0.25, 0.3) is 0 Å². The zero-order chi connectivity index (χ0) is 19.3. The van der Waals surface area contributed by atoms with E-state index in [4.69, 9.17) is 5.73 Å². The van der Waals surface area contributed by atoms with E-state index in [1.54, 1.807) is 0 Å². The summed E-state index contributed by atoms with van der Waals surface area (Å²) in [6.45, 7) is 8.28. The summed E-state index contributed by atoms with van der Waals surface area (Å²) < 4.78 is 0. The van der Waals surface area contributed by atoms with Crippen LogP contribution in [-0.4, -0.2) is 28.8 Å². The Labute approximate surface area is 157 Å². The van der Waals surface area contributed by atoms with Crippen LogP contribution in [-0.2, 0) is 16.1 Å². The molecule has 1 aliphatic rings. The van der Waals surface area contributed by atoms with Gasteiger partial charge >= 0.3 is 0 Å². The van der Waals surface area contributed by atoms with Crippen molar-refractivity contribution in [1.29, 1.82) is 0 Å². The predicted octanol–water partition coefficient (Wildman–Crippen LogP) is 3.68.